The molecule has 1 N–H and O–H groups in total. The number of benzene rings is 2. The molecule has 0 unspecified atom stereocenters. The van der Waals surface area contributed by atoms with Crippen molar-refractivity contribution in [2.45, 2.75) is 26.7 Å². The van der Waals surface area contributed by atoms with Gasteiger partial charge < -0.3 is 5.32 Å². The Morgan fingerprint density at radius 1 is 1.08 bits per heavy atom. The van der Waals surface area contributed by atoms with E-state index >= 15 is 0 Å². The largest absolute Gasteiger partial charge is 0.338 e. The van der Waals surface area contributed by atoms with E-state index in [2.05, 4.69) is 17.3 Å². The number of aryl methyl sites for hydroxylation is 1. The second-order valence-electron chi connectivity index (χ2n) is 6.99. The summed E-state index contributed by atoms with van der Waals surface area (Å²) in [5.74, 6) is 0.627. The van der Waals surface area contributed by atoms with Crippen molar-refractivity contribution < 1.29 is 9.18 Å². The van der Waals surface area contributed by atoms with Crippen LogP contribution in [-0.4, -0.2) is 15.6 Å². The third-order valence-electron chi connectivity index (χ3n) is 4.72. The molecule has 4 nitrogen and oxygen atoms in total. The highest BCUT2D eigenvalue weighted by molar-refractivity contribution is 6.03. The number of Topliss-reactive ketones (excluding diaryl/α,β-unsaturated/α-hetero) is 1. The van der Waals surface area contributed by atoms with Crippen LogP contribution in [0.15, 0.2) is 48.5 Å². The zero-order chi connectivity index (χ0) is 18.3. The number of ketones is 1. The maximum absolute atomic E-state index is 13.3. The lowest BCUT2D eigenvalue weighted by Crippen LogP contribution is -2.19. The summed E-state index contributed by atoms with van der Waals surface area (Å²) >= 11 is 0. The lowest BCUT2D eigenvalue weighted by Gasteiger charge is -2.19. The lowest BCUT2D eigenvalue weighted by atomic mass is 9.87. The number of halogens is 1. The van der Waals surface area contributed by atoms with Gasteiger partial charge in [-0.2, -0.15) is 0 Å². The molecule has 1 aliphatic rings. The van der Waals surface area contributed by atoms with E-state index in [-0.39, 0.29) is 17.5 Å². The summed E-state index contributed by atoms with van der Waals surface area (Å²) in [4.78, 5) is 12.7. The number of carbonyl (C=O) groups is 1. The van der Waals surface area contributed by atoms with Gasteiger partial charge in [-0.05, 0) is 55.7 Å². The molecule has 5 heteroatoms. The van der Waals surface area contributed by atoms with Crippen LogP contribution in [-0.2, 0) is 6.42 Å². The van der Waals surface area contributed by atoms with Crippen LogP contribution < -0.4 is 5.32 Å². The Labute approximate surface area is 151 Å². The lowest BCUT2D eigenvalue weighted by molar-refractivity contribution is 0.0953. The Morgan fingerprint density at radius 2 is 1.77 bits per heavy atom. The van der Waals surface area contributed by atoms with Crippen molar-refractivity contribution >= 4 is 17.3 Å². The molecule has 0 bridgehead atoms. The van der Waals surface area contributed by atoms with E-state index in [1.54, 1.807) is 16.8 Å². The molecule has 0 radical (unpaired) electrons. The Balaban J connectivity index is 1.81. The molecular weight excluding hydrogens is 329 g/mol. The minimum absolute atomic E-state index is 0.0988. The van der Waals surface area contributed by atoms with Crippen LogP contribution in [0.1, 0.15) is 35.0 Å². The molecule has 0 aliphatic heterocycles. The van der Waals surface area contributed by atoms with Crippen LogP contribution in [0.2, 0.25) is 0 Å². The molecule has 2 aromatic carbocycles. The molecular formula is C21H20FN3O. The monoisotopic (exact) mass is 349 g/mol. The smallest absolute Gasteiger partial charge is 0.168 e. The van der Waals surface area contributed by atoms with Gasteiger partial charge in [-0.1, -0.05) is 24.6 Å². The van der Waals surface area contributed by atoms with E-state index in [1.165, 1.54) is 17.7 Å². The Kier molecular flexibility index (Phi) is 4.07. The van der Waals surface area contributed by atoms with Gasteiger partial charge in [-0.15, -0.1) is 5.10 Å². The summed E-state index contributed by atoms with van der Waals surface area (Å²) in [6, 6.07) is 14.1. The van der Waals surface area contributed by atoms with Crippen molar-refractivity contribution in [3.63, 3.8) is 0 Å². The minimum atomic E-state index is -0.294. The summed E-state index contributed by atoms with van der Waals surface area (Å²) < 4.78 is 15.1. The molecule has 0 fully saturated rings. The zero-order valence-corrected chi connectivity index (χ0v) is 14.8. The van der Waals surface area contributed by atoms with Crippen LogP contribution in [0.3, 0.4) is 0 Å². The predicted octanol–water partition coefficient (Wildman–Crippen LogP) is 4.83. The normalized spacial score (nSPS) is 16.4. The van der Waals surface area contributed by atoms with Gasteiger partial charge in [0.05, 0.1) is 16.9 Å². The van der Waals surface area contributed by atoms with Gasteiger partial charge in [-0.25, -0.2) is 9.07 Å². The Hall–Kier alpha value is -2.95. The first kappa shape index (κ1) is 16.5. The van der Waals surface area contributed by atoms with E-state index in [4.69, 9.17) is 0 Å². The molecule has 0 saturated heterocycles. The highest BCUT2D eigenvalue weighted by atomic mass is 19.1. The van der Waals surface area contributed by atoms with Crippen molar-refractivity contribution in [2.75, 3.05) is 5.32 Å². The molecule has 0 saturated carbocycles. The second kappa shape index (κ2) is 6.41. The zero-order valence-electron chi connectivity index (χ0n) is 14.8. The summed E-state index contributed by atoms with van der Waals surface area (Å²) in [6.07, 6.45) is 1.28. The van der Waals surface area contributed by atoms with E-state index in [9.17, 15) is 9.18 Å². The Bertz CT molecular complexity index is 958. The Morgan fingerprint density at radius 3 is 2.46 bits per heavy atom. The van der Waals surface area contributed by atoms with Gasteiger partial charge in [0, 0.05) is 12.1 Å². The molecule has 132 valence electrons. The summed E-state index contributed by atoms with van der Waals surface area (Å²) in [5.41, 5.74) is 4.33. The van der Waals surface area contributed by atoms with E-state index in [1.807, 2.05) is 31.2 Å². The highest BCUT2D eigenvalue weighted by Crippen LogP contribution is 2.33. The molecule has 1 heterocycles. The molecule has 1 aliphatic carbocycles. The predicted molar refractivity (Wildman–Crippen MR) is 99.8 cm³/mol. The fourth-order valence-corrected chi connectivity index (χ4v) is 3.41. The molecule has 26 heavy (non-hydrogen) atoms. The molecule has 0 spiro atoms. The summed E-state index contributed by atoms with van der Waals surface area (Å²) in [7, 11) is 0. The second-order valence-corrected chi connectivity index (χ2v) is 6.99. The average Bonchev–Trinajstić information content (AvgIpc) is 2.96. The summed E-state index contributed by atoms with van der Waals surface area (Å²) in [5, 5.41) is 7.94. The number of hydrogen-bond donors (Lipinski definition) is 1. The van der Waals surface area contributed by atoms with E-state index < -0.39 is 0 Å². The third kappa shape index (κ3) is 3.01. The number of fused-ring (bicyclic) bond motifs is 1. The first-order valence-electron chi connectivity index (χ1n) is 8.76. The first-order valence-corrected chi connectivity index (χ1v) is 8.76. The SMILES string of the molecule is Cc1ccc(Nc2nn(-c3ccc(F)cc3)c3c2C(=O)C[C@@H](C)C3)cc1. The quantitative estimate of drug-likeness (QED) is 0.737. The maximum Gasteiger partial charge on any atom is 0.168 e. The van der Waals surface area contributed by atoms with Gasteiger partial charge in [0.1, 0.15) is 5.82 Å². The van der Waals surface area contributed by atoms with E-state index in [0.29, 0.717) is 17.8 Å². The highest BCUT2D eigenvalue weighted by Gasteiger charge is 2.31. The number of rotatable bonds is 3. The minimum Gasteiger partial charge on any atom is -0.338 e. The topological polar surface area (TPSA) is 46.9 Å². The van der Waals surface area contributed by atoms with Crippen molar-refractivity contribution in [3.05, 3.63) is 71.2 Å². The van der Waals surface area contributed by atoms with Gasteiger partial charge in [0.25, 0.3) is 0 Å². The molecule has 1 atom stereocenters. The molecule has 1 aromatic heterocycles. The fourth-order valence-electron chi connectivity index (χ4n) is 3.41. The average molecular weight is 349 g/mol. The molecule has 0 amide bonds. The van der Waals surface area contributed by atoms with Crippen LogP contribution in [0.5, 0.6) is 0 Å². The third-order valence-corrected chi connectivity index (χ3v) is 4.72. The number of aromatic nitrogens is 2. The van der Waals surface area contributed by atoms with Crippen molar-refractivity contribution in [1.29, 1.82) is 0 Å². The number of anilines is 2. The van der Waals surface area contributed by atoms with Gasteiger partial charge in [-0.3, -0.25) is 4.79 Å². The summed E-state index contributed by atoms with van der Waals surface area (Å²) in [6.45, 7) is 4.09. The van der Waals surface area contributed by atoms with Crippen LogP contribution in [0.4, 0.5) is 15.9 Å². The molecule has 4 rings (SSSR count). The van der Waals surface area contributed by atoms with Crippen LogP contribution in [0, 0.1) is 18.7 Å². The van der Waals surface area contributed by atoms with Gasteiger partial charge >= 0.3 is 0 Å². The van der Waals surface area contributed by atoms with Crippen molar-refractivity contribution in [1.82, 2.24) is 9.78 Å². The van der Waals surface area contributed by atoms with Crippen molar-refractivity contribution in [3.8, 4) is 5.69 Å². The van der Waals surface area contributed by atoms with Crippen LogP contribution >= 0.6 is 0 Å². The number of carbonyl (C=O) groups excluding carboxylic acids is 1. The van der Waals surface area contributed by atoms with Gasteiger partial charge in [0.2, 0.25) is 0 Å². The molecule has 3 aromatic rings. The van der Waals surface area contributed by atoms with E-state index in [0.717, 1.165) is 23.5 Å². The maximum atomic E-state index is 13.3. The first-order chi connectivity index (χ1) is 12.5. The van der Waals surface area contributed by atoms with Crippen LogP contribution in [0.25, 0.3) is 5.69 Å². The fraction of sp³-hybridized carbons (Fsp3) is 0.238. The number of hydrogen-bond acceptors (Lipinski definition) is 3. The van der Waals surface area contributed by atoms with Gasteiger partial charge in [0.15, 0.2) is 11.6 Å². The standard InChI is InChI=1S/C21H20FN3O/c1-13-3-7-16(8-4-13)23-21-20-18(11-14(2)12-19(20)26)25(24-21)17-9-5-15(22)6-10-17/h3-10,14H,11-12H2,1-2H3,(H,23,24)/t14-/m0/s1. The number of nitrogens with one attached hydrogen (secondary N) is 1. The number of nitrogens with zero attached hydrogens (tertiary/aromatic N) is 2. The van der Waals surface area contributed by atoms with Crippen molar-refractivity contribution in [2.24, 2.45) is 5.92 Å².